The maximum atomic E-state index is 12.7. The first-order valence-corrected chi connectivity index (χ1v) is 10.8. The van der Waals surface area contributed by atoms with Gasteiger partial charge in [0.1, 0.15) is 0 Å². The Bertz CT molecular complexity index is 919. The zero-order valence-electron chi connectivity index (χ0n) is 18.1. The number of hydrogen-bond acceptors (Lipinski definition) is 4. The zero-order valence-corrected chi connectivity index (χ0v) is 18.1. The topological polar surface area (TPSA) is 90.5 Å². The Kier molecular flexibility index (Phi) is 7.65. The number of anilines is 3. The van der Waals surface area contributed by atoms with E-state index >= 15 is 0 Å². The lowest BCUT2D eigenvalue weighted by atomic mass is 9.98. The first-order chi connectivity index (χ1) is 14.9. The molecule has 7 nitrogen and oxygen atoms in total. The largest absolute Gasteiger partial charge is 0.376 e. The molecule has 164 valence electrons. The van der Waals surface area contributed by atoms with Gasteiger partial charge in [-0.05, 0) is 61.2 Å². The molecule has 7 heteroatoms. The Morgan fingerprint density at radius 2 is 1.52 bits per heavy atom. The molecule has 3 rings (SSSR count). The lowest BCUT2D eigenvalue weighted by Gasteiger charge is -2.30. The third-order valence-electron chi connectivity index (χ3n) is 5.41. The van der Waals surface area contributed by atoms with Crippen molar-refractivity contribution in [3.63, 3.8) is 0 Å². The number of hydrogen-bond donors (Lipinski definition) is 3. The highest BCUT2D eigenvalue weighted by molar-refractivity contribution is 5.96. The third kappa shape index (κ3) is 6.57. The molecule has 0 bridgehead atoms. The number of piperidine rings is 1. The summed E-state index contributed by atoms with van der Waals surface area (Å²) in [4.78, 5) is 38.3. The van der Waals surface area contributed by atoms with Crippen LogP contribution in [0.5, 0.6) is 0 Å². The summed E-state index contributed by atoms with van der Waals surface area (Å²) in [6, 6.07) is 14.2. The van der Waals surface area contributed by atoms with E-state index in [9.17, 15) is 14.4 Å². The second-order valence-corrected chi connectivity index (χ2v) is 7.94. The lowest BCUT2D eigenvalue weighted by molar-refractivity contribution is -0.116. The SMILES string of the molecule is CCC(=O)Nc1ccc(NC(=O)CNc2cccc(C(=O)N3CCC(C)CC3)c2)cc1. The molecule has 1 aliphatic rings. The van der Waals surface area contributed by atoms with Crippen LogP contribution in [-0.2, 0) is 9.59 Å². The summed E-state index contributed by atoms with van der Waals surface area (Å²) < 4.78 is 0. The van der Waals surface area contributed by atoms with Crippen molar-refractivity contribution in [3.05, 3.63) is 54.1 Å². The predicted molar refractivity (Wildman–Crippen MR) is 123 cm³/mol. The summed E-state index contributed by atoms with van der Waals surface area (Å²) in [6.07, 6.45) is 2.49. The first kappa shape index (κ1) is 22.3. The number of amides is 3. The van der Waals surface area contributed by atoms with Crippen LogP contribution in [0.15, 0.2) is 48.5 Å². The molecule has 0 spiro atoms. The molecule has 1 fully saturated rings. The molecule has 1 aliphatic heterocycles. The van der Waals surface area contributed by atoms with Gasteiger partial charge in [0.15, 0.2) is 0 Å². The summed E-state index contributed by atoms with van der Waals surface area (Å²) in [5, 5.41) is 8.65. The van der Waals surface area contributed by atoms with E-state index in [0.29, 0.717) is 29.3 Å². The fourth-order valence-corrected chi connectivity index (χ4v) is 3.43. The Hall–Kier alpha value is -3.35. The Labute approximate surface area is 183 Å². The Morgan fingerprint density at radius 3 is 2.13 bits per heavy atom. The van der Waals surface area contributed by atoms with E-state index in [2.05, 4.69) is 22.9 Å². The van der Waals surface area contributed by atoms with Crippen LogP contribution in [0.4, 0.5) is 17.1 Å². The molecule has 1 heterocycles. The number of nitrogens with one attached hydrogen (secondary N) is 3. The second kappa shape index (κ2) is 10.6. The fraction of sp³-hybridized carbons (Fsp3) is 0.375. The minimum Gasteiger partial charge on any atom is -0.376 e. The summed E-state index contributed by atoms with van der Waals surface area (Å²) in [7, 11) is 0. The van der Waals surface area contributed by atoms with Crippen LogP contribution >= 0.6 is 0 Å². The van der Waals surface area contributed by atoms with Crippen LogP contribution in [0.2, 0.25) is 0 Å². The molecule has 0 aliphatic carbocycles. The maximum Gasteiger partial charge on any atom is 0.253 e. The van der Waals surface area contributed by atoms with Gasteiger partial charge >= 0.3 is 0 Å². The van der Waals surface area contributed by atoms with Crippen molar-refractivity contribution in [1.29, 1.82) is 0 Å². The van der Waals surface area contributed by atoms with Gasteiger partial charge in [-0.15, -0.1) is 0 Å². The van der Waals surface area contributed by atoms with Crippen LogP contribution in [0.1, 0.15) is 43.5 Å². The van der Waals surface area contributed by atoms with E-state index in [4.69, 9.17) is 0 Å². The molecule has 0 aromatic heterocycles. The number of carbonyl (C=O) groups is 3. The van der Waals surface area contributed by atoms with Gasteiger partial charge in [0.05, 0.1) is 6.54 Å². The van der Waals surface area contributed by atoms with E-state index in [1.165, 1.54) is 0 Å². The highest BCUT2D eigenvalue weighted by Gasteiger charge is 2.21. The molecule has 2 aromatic rings. The molecular weight excluding hydrogens is 392 g/mol. The average molecular weight is 423 g/mol. The summed E-state index contributed by atoms with van der Waals surface area (Å²) in [5.74, 6) is 0.445. The van der Waals surface area contributed by atoms with Gasteiger partial charge in [0.2, 0.25) is 11.8 Å². The molecule has 3 N–H and O–H groups in total. The van der Waals surface area contributed by atoms with E-state index in [1.54, 1.807) is 37.3 Å². The van der Waals surface area contributed by atoms with Gasteiger partial charge in [0.25, 0.3) is 5.91 Å². The summed E-state index contributed by atoms with van der Waals surface area (Å²) in [5.41, 5.74) is 2.69. The number of carbonyl (C=O) groups excluding carboxylic acids is 3. The molecule has 0 radical (unpaired) electrons. The highest BCUT2D eigenvalue weighted by Crippen LogP contribution is 2.20. The Balaban J connectivity index is 1.50. The molecule has 2 aromatic carbocycles. The van der Waals surface area contributed by atoms with Crippen LogP contribution in [0.3, 0.4) is 0 Å². The molecule has 0 unspecified atom stereocenters. The van der Waals surface area contributed by atoms with Crippen molar-refractivity contribution in [1.82, 2.24) is 4.90 Å². The predicted octanol–water partition coefficient (Wildman–Crippen LogP) is 3.96. The molecule has 3 amide bonds. The standard InChI is InChI=1S/C24H30N4O3/c1-3-22(29)26-19-7-9-20(10-8-19)27-23(30)16-25-21-6-4-5-18(15-21)24(31)28-13-11-17(2)12-14-28/h4-10,15,17,25H,3,11-14,16H2,1-2H3,(H,26,29)(H,27,30). The van der Waals surface area contributed by atoms with Crippen molar-refractivity contribution in [2.45, 2.75) is 33.1 Å². The quantitative estimate of drug-likeness (QED) is 0.630. The third-order valence-corrected chi connectivity index (χ3v) is 5.41. The minimum atomic E-state index is -0.202. The van der Waals surface area contributed by atoms with Crippen LogP contribution in [0.25, 0.3) is 0 Å². The molecule has 0 saturated carbocycles. The van der Waals surface area contributed by atoms with E-state index < -0.39 is 0 Å². The molecular formula is C24H30N4O3. The maximum absolute atomic E-state index is 12.7. The van der Waals surface area contributed by atoms with Crippen molar-refractivity contribution in [2.24, 2.45) is 5.92 Å². The van der Waals surface area contributed by atoms with Crippen LogP contribution < -0.4 is 16.0 Å². The van der Waals surface area contributed by atoms with Crippen LogP contribution in [0, 0.1) is 5.92 Å². The number of nitrogens with zero attached hydrogens (tertiary/aromatic N) is 1. The lowest BCUT2D eigenvalue weighted by Crippen LogP contribution is -2.37. The summed E-state index contributed by atoms with van der Waals surface area (Å²) in [6.45, 7) is 5.67. The number of likely N-dealkylation sites (tertiary alicyclic amines) is 1. The minimum absolute atomic E-state index is 0.0373. The van der Waals surface area contributed by atoms with Gasteiger partial charge in [-0.3, -0.25) is 14.4 Å². The monoisotopic (exact) mass is 422 g/mol. The molecule has 1 saturated heterocycles. The number of rotatable bonds is 7. The highest BCUT2D eigenvalue weighted by atomic mass is 16.2. The van der Waals surface area contributed by atoms with E-state index in [1.807, 2.05) is 23.1 Å². The van der Waals surface area contributed by atoms with Gasteiger partial charge in [-0.1, -0.05) is 19.9 Å². The van der Waals surface area contributed by atoms with Crippen LogP contribution in [-0.4, -0.2) is 42.3 Å². The van der Waals surface area contributed by atoms with E-state index in [-0.39, 0.29) is 24.3 Å². The summed E-state index contributed by atoms with van der Waals surface area (Å²) >= 11 is 0. The van der Waals surface area contributed by atoms with E-state index in [0.717, 1.165) is 31.6 Å². The van der Waals surface area contributed by atoms with Crippen molar-refractivity contribution < 1.29 is 14.4 Å². The van der Waals surface area contributed by atoms with Gasteiger partial charge in [0, 0.05) is 42.1 Å². The van der Waals surface area contributed by atoms with Crippen molar-refractivity contribution in [2.75, 3.05) is 35.6 Å². The smallest absolute Gasteiger partial charge is 0.253 e. The second-order valence-electron chi connectivity index (χ2n) is 7.94. The Morgan fingerprint density at radius 1 is 0.903 bits per heavy atom. The van der Waals surface area contributed by atoms with Crippen molar-refractivity contribution in [3.8, 4) is 0 Å². The normalized spacial score (nSPS) is 14.1. The molecule has 0 atom stereocenters. The fourth-order valence-electron chi connectivity index (χ4n) is 3.43. The number of benzene rings is 2. The van der Waals surface area contributed by atoms with Gasteiger partial charge in [-0.2, -0.15) is 0 Å². The first-order valence-electron chi connectivity index (χ1n) is 10.8. The zero-order chi connectivity index (χ0) is 22.2. The van der Waals surface area contributed by atoms with Gasteiger partial charge in [-0.25, -0.2) is 0 Å². The average Bonchev–Trinajstić information content (AvgIpc) is 2.79. The van der Waals surface area contributed by atoms with Crippen molar-refractivity contribution >= 4 is 34.8 Å². The molecule has 31 heavy (non-hydrogen) atoms. The van der Waals surface area contributed by atoms with Gasteiger partial charge < -0.3 is 20.9 Å².